The first-order valence-corrected chi connectivity index (χ1v) is 16.4. The van der Waals surface area contributed by atoms with Gasteiger partial charge in [0.1, 0.15) is 42.8 Å². The molecule has 4 aromatic heterocycles. The summed E-state index contributed by atoms with van der Waals surface area (Å²) < 4.78 is 45.1. The molecular weight excluding hydrogens is 650 g/mol. The molecule has 0 bridgehead atoms. The van der Waals surface area contributed by atoms with Crippen LogP contribution in [0.25, 0.3) is 22.3 Å². The Balaban J connectivity index is 1.18. The van der Waals surface area contributed by atoms with Gasteiger partial charge in [0.05, 0.1) is 32.0 Å². The molecule has 2 saturated heterocycles. The van der Waals surface area contributed by atoms with E-state index < -0.39 is 65.0 Å². The molecule has 248 valence electrons. The number of hydrogen-bond donors (Lipinski definition) is 5. The molecule has 2 fully saturated rings. The number of fused-ring (bicyclic) bond motifs is 2. The van der Waals surface area contributed by atoms with E-state index in [0.717, 1.165) is 6.29 Å². The first-order chi connectivity index (χ1) is 22.0. The van der Waals surface area contributed by atoms with Crippen molar-refractivity contribution in [1.82, 2.24) is 39.0 Å². The van der Waals surface area contributed by atoms with Crippen LogP contribution in [0.3, 0.4) is 0 Å². The van der Waals surface area contributed by atoms with Gasteiger partial charge in [-0.2, -0.15) is 4.98 Å². The number of hydrogen-bond acceptors (Lipinski definition) is 16. The van der Waals surface area contributed by atoms with Crippen molar-refractivity contribution in [1.29, 1.82) is 0 Å². The summed E-state index contributed by atoms with van der Waals surface area (Å²) in [5.74, 6) is -1.27. The van der Waals surface area contributed by atoms with Crippen molar-refractivity contribution in [3.05, 3.63) is 29.3 Å². The van der Waals surface area contributed by atoms with E-state index in [4.69, 9.17) is 34.5 Å². The quantitative estimate of drug-likeness (QED) is 0.0999. The third-order valence-corrected chi connectivity index (χ3v) is 9.60. The average molecular weight is 683 g/mol. The van der Waals surface area contributed by atoms with Crippen LogP contribution in [-0.4, -0.2) is 86.6 Å². The largest absolute Gasteiger partial charge is 0.472 e. The van der Waals surface area contributed by atoms with Crippen molar-refractivity contribution in [2.45, 2.75) is 51.0 Å². The summed E-state index contributed by atoms with van der Waals surface area (Å²) in [5.41, 5.74) is 12.1. The van der Waals surface area contributed by atoms with Gasteiger partial charge in [0.2, 0.25) is 5.95 Å². The van der Waals surface area contributed by atoms with Crippen molar-refractivity contribution in [2.75, 3.05) is 24.7 Å². The SMILES string of the molecule is CC1[C@@H](CC=O)[C@H](n2cnc3c(=O)[nH]c(N)nc32)O[C@@H]1COP(=O)(O)O[C@H]1C(C)[C@H](n2cnc3c(N)ncnc32)O[C@@H]1COPO. The minimum Gasteiger partial charge on any atom is -0.382 e. The number of imidazole rings is 2. The first kappa shape index (κ1) is 32.5. The molecule has 0 spiro atoms. The number of nitrogens with two attached hydrogens (primary N) is 2. The number of anilines is 2. The van der Waals surface area contributed by atoms with Crippen LogP contribution in [-0.2, 0) is 32.4 Å². The summed E-state index contributed by atoms with van der Waals surface area (Å²) in [7, 11) is -5.62. The van der Waals surface area contributed by atoms with Gasteiger partial charge in [-0.1, -0.05) is 13.8 Å². The summed E-state index contributed by atoms with van der Waals surface area (Å²) >= 11 is 0. The molecule has 10 atom stereocenters. The van der Waals surface area contributed by atoms with Gasteiger partial charge in [-0.25, -0.2) is 24.5 Å². The molecule has 4 unspecified atom stereocenters. The second kappa shape index (κ2) is 13.0. The van der Waals surface area contributed by atoms with Gasteiger partial charge < -0.3 is 40.0 Å². The molecule has 0 amide bonds. The maximum atomic E-state index is 13.3. The Labute approximate surface area is 261 Å². The van der Waals surface area contributed by atoms with Crippen LogP contribution >= 0.6 is 16.9 Å². The lowest BCUT2D eigenvalue weighted by Gasteiger charge is -2.25. The lowest BCUT2D eigenvalue weighted by Crippen LogP contribution is -2.32. The molecular formula is C24H32N10O10P2. The number of ether oxygens (including phenoxy) is 2. The molecule has 6 heterocycles. The molecule has 0 aliphatic carbocycles. The fourth-order valence-electron chi connectivity index (χ4n) is 6.00. The predicted octanol–water partition coefficient (Wildman–Crippen LogP) is 0.416. The van der Waals surface area contributed by atoms with Gasteiger partial charge in [-0.05, 0) is 5.92 Å². The zero-order valence-corrected chi connectivity index (χ0v) is 26.3. The maximum Gasteiger partial charge on any atom is 0.472 e. The van der Waals surface area contributed by atoms with Gasteiger partial charge in [0.15, 0.2) is 31.7 Å². The molecule has 7 N–H and O–H groups in total. The summed E-state index contributed by atoms with van der Waals surface area (Å²) in [5, 5.41) is 0. The standard InChI is InChI=1S/C24H32N10O10P2/c1-10-12(3-4-35)23(34-9-30-16-20(34)31-24(26)32-21(16)36)42-13(10)6-41-46(38,39)44-17-11(2)22(43-14(17)5-40-45-37)33-8-29-15-18(25)27-7-28-19(15)33/h4,7-14,17,22-23,37,45H,3,5-6H2,1-2H3,(H,38,39)(H2,25,27,28)(H3,26,31,32,36)/t10?,11?,12-,13-,14-,17+,22-,23-/m1/s1. The van der Waals surface area contributed by atoms with Crippen molar-refractivity contribution < 1.29 is 42.2 Å². The Morgan fingerprint density at radius 2 is 1.76 bits per heavy atom. The number of aromatic amines is 1. The maximum absolute atomic E-state index is 13.3. The number of aromatic nitrogens is 8. The van der Waals surface area contributed by atoms with Gasteiger partial charge in [-0.3, -0.25) is 28.0 Å². The monoisotopic (exact) mass is 682 g/mol. The molecule has 2 aliphatic rings. The molecule has 6 rings (SSSR count). The highest BCUT2D eigenvalue weighted by molar-refractivity contribution is 7.47. The number of aldehydes is 1. The van der Waals surface area contributed by atoms with E-state index in [1.165, 1.54) is 23.5 Å². The summed E-state index contributed by atoms with van der Waals surface area (Å²) in [6.07, 6.45) is 0.684. The number of nitrogen functional groups attached to an aromatic ring is 2. The van der Waals surface area contributed by atoms with E-state index in [1.54, 1.807) is 11.5 Å². The topological polar surface area (TPSA) is 280 Å². The molecule has 46 heavy (non-hydrogen) atoms. The molecule has 22 heteroatoms. The Morgan fingerprint density at radius 1 is 1.04 bits per heavy atom. The van der Waals surface area contributed by atoms with Crippen molar-refractivity contribution in [2.24, 2.45) is 17.8 Å². The Bertz CT molecular complexity index is 1840. The van der Waals surface area contributed by atoms with Gasteiger partial charge in [0.25, 0.3) is 5.56 Å². The Morgan fingerprint density at radius 3 is 2.50 bits per heavy atom. The number of carbonyl (C=O) groups excluding carboxylic acids is 1. The van der Waals surface area contributed by atoms with Crippen LogP contribution in [0.5, 0.6) is 0 Å². The van der Waals surface area contributed by atoms with E-state index in [-0.39, 0.29) is 48.5 Å². The van der Waals surface area contributed by atoms with Crippen LogP contribution in [0.1, 0.15) is 32.7 Å². The highest BCUT2D eigenvalue weighted by atomic mass is 31.2. The highest BCUT2D eigenvalue weighted by Crippen LogP contribution is 2.52. The van der Waals surface area contributed by atoms with Crippen molar-refractivity contribution >= 4 is 57.2 Å². The minimum atomic E-state index is -4.76. The number of phosphoric acid groups is 1. The number of rotatable bonds is 12. The lowest BCUT2D eigenvalue weighted by atomic mass is 9.89. The molecule has 4 aromatic rings. The summed E-state index contributed by atoms with van der Waals surface area (Å²) in [4.78, 5) is 67.1. The first-order valence-electron chi connectivity index (χ1n) is 14.1. The van der Waals surface area contributed by atoms with E-state index in [9.17, 15) is 23.9 Å². The van der Waals surface area contributed by atoms with Crippen LogP contribution < -0.4 is 17.0 Å². The van der Waals surface area contributed by atoms with E-state index in [1.807, 2.05) is 6.92 Å². The smallest absolute Gasteiger partial charge is 0.382 e. The predicted molar refractivity (Wildman–Crippen MR) is 160 cm³/mol. The number of nitrogens with zero attached hydrogens (tertiary/aromatic N) is 7. The number of carbonyl (C=O) groups is 1. The fourth-order valence-corrected chi connectivity index (χ4v) is 7.27. The van der Waals surface area contributed by atoms with Crippen molar-refractivity contribution in [3.8, 4) is 0 Å². The zero-order valence-electron chi connectivity index (χ0n) is 24.4. The molecule has 20 nitrogen and oxygen atoms in total. The molecule has 2 aliphatic heterocycles. The third kappa shape index (κ3) is 6.03. The van der Waals surface area contributed by atoms with Crippen LogP contribution in [0, 0.1) is 17.8 Å². The number of H-pyrrole nitrogens is 1. The Hall–Kier alpha value is -3.45. The van der Waals surface area contributed by atoms with Crippen LogP contribution in [0.15, 0.2) is 23.8 Å². The number of phosphoric ester groups is 1. The number of nitrogens with one attached hydrogen (secondary N) is 1. The summed E-state index contributed by atoms with van der Waals surface area (Å²) in [6, 6.07) is 0. The molecule has 0 radical (unpaired) electrons. The summed E-state index contributed by atoms with van der Waals surface area (Å²) in [6.45, 7) is 3.02. The highest BCUT2D eigenvalue weighted by Gasteiger charge is 2.49. The van der Waals surface area contributed by atoms with Crippen LogP contribution in [0.4, 0.5) is 11.8 Å². The zero-order chi connectivity index (χ0) is 32.7. The lowest BCUT2D eigenvalue weighted by molar-refractivity contribution is -0.109. The van der Waals surface area contributed by atoms with Gasteiger partial charge in [-0.15, -0.1) is 0 Å². The average Bonchev–Trinajstić information content (AvgIpc) is 3.77. The van der Waals surface area contributed by atoms with Gasteiger partial charge in [0, 0.05) is 18.3 Å². The minimum absolute atomic E-state index is 0.0364. The van der Waals surface area contributed by atoms with E-state index >= 15 is 0 Å². The second-order valence-corrected chi connectivity index (χ2v) is 12.9. The Kier molecular flexibility index (Phi) is 9.17. The molecule has 0 aromatic carbocycles. The fraction of sp³-hybridized carbons (Fsp3) is 0.542. The van der Waals surface area contributed by atoms with E-state index in [2.05, 4.69) is 29.9 Å². The normalized spacial score (nSPS) is 29.7. The van der Waals surface area contributed by atoms with Crippen LogP contribution in [0.2, 0.25) is 0 Å². The van der Waals surface area contributed by atoms with Crippen molar-refractivity contribution in [3.63, 3.8) is 0 Å². The second-order valence-electron chi connectivity index (χ2n) is 11.0. The van der Waals surface area contributed by atoms with E-state index in [0.29, 0.717) is 11.2 Å². The third-order valence-electron chi connectivity index (χ3n) is 8.31. The molecule has 0 saturated carbocycles. The van der Waals surface area contributed by atoms with Gasteiger partial charge >= 0.3 is 7.82 Å².